The van der Waals surface area contributed by atoms with Gasteiger partial charge < -0.3 is 25.6 Å². The molecule has 9 heteroatoms. The van der Waals surface area contributed by atoms with Crippen molar-refractivity contribution in [2.75, 3.05) is 13.1 Å². The topological polar surface area (TPSA) is 106 Å². The number of piperidine rings is 2. The molecule has 21 heavy (non-hydrogen) atoms. The van der Waals surface area contributed by atoms with Gasteiger partial charge in [-0.25, -0.2) is 0 Å². The summed E-state index contributed by atoms with van der Waals surface area (Å²) in [5, 5.41) is 26.4. The van der Waals surface area contributed by atoms with Gasteiger partial charge in [0.1, 0.15) is 0 Å². The first-order valence-electron chi connectivity index (χ1n) is 6.65. The van der Waals surface area contributed by atoms with Crippen LogP contribution in [-0.2, 0) is 22.7 Å². The van der Waals surface area contributed by atoms with Crippen LogP contribution in [0.1, 0.15) is 38.5 Å². The molecule has 0 aromatic heterocycles. The summed E-state index contributed by atoms with van der Waals surface area (Å²) in [4.78, 5) is 20.4. The average molecular weight is 382 g/mol. The van der Waals surface area contributed by atoms with Crippen LogP contribution < -0.4 is 5.11 Å². The SMILES string of the molecule is O=C(O)C1CCCC[N-]1.O=C([O-])C1CCCC[N-]1.[Cl][Fe][Cl]. The van der Waals surface area contributed by atoms with Crippen molar-refractivity contribution >= 4 is 32.1 Å². The van der Waals surface area contributed by atoms with E-state index in [2.05, 4.69) is 10.6 Å². The number of rotatable bonds is 2. The third-order valence-corrected chi connectivity index (χ3v) is 3.03. The van der Waals surface area contributed by atoms with Crippen LogP contribution in [0.3, 0.4) is 0 Å². The molecular formula is C12H19Cl2FeN2O4-3. The number of nitrogens with zero attached hydrogens (tertiary/aromatic N) is 2. The van der Waals surface area contributed by atoms with E-state index in [-0.39, 0.29) is 13.1 Å². The third kappa shape index (κ3) is 11.2. The predicted molar refractivity (Wildman–Crippen MR) is 76.1 cm³/mol. The van der Waals surface area contributed by atoms with Crippen LogP contribution in [0.4, 0.5) is 0 Å². The molecule has 1 N–H and O–H groups in total. The van der Waals surface area contributed by atoms with Gasteiger partial charge in [-0.1, -0.05) is 44.6 Å². The van der Waals surface area contributed by atoms with Gasteiger partial charge in [0.2, 0.25) is 0 Å². The molecule has 2 heterocycles. The molecule has 2 rings (SSSR count). The first-order valence-corrected chi connectivity index (χ1v) is 9.68. The molecule has 2 saturated heterocycles. The summed E-state index contributed by atoms with van der Waals surface area (Å²) < 4.78 is 0. The van der Waals surface area contributed by atoms with E-state index >= 15 is 0 Å². The zero-order valence-corrected chi connectivity index (χ0v) is 14.1. The Hall–Kier alpha value is -0.0405. The van der Waals surface area contributed by atoms with Gasteiger partial charge in [0, 0.05) is 5.97 Å². The van der Waals surface area contributed by atoms with E-state index in [0.717, 1.165) is 38.6 Å². The second-order valence-corrected chi connectivity index (χ2v) is 6.37. The Bertz CT molecular complexity index is 271. The number of hydrogen-bond acceptors (Lipinski definition) is 3. The Morgan fingerprint density at radius 1 is 1.00 bits per heavy atom. The van der Waals surface area contributed by atoms with Gasteiger partial charge in [-0.2, -0.15) is 0 Å². The van der Waals surface area contributed by atoms with E-state index in [1.807, 2.05) is 0 Å². The molecule has 2 aliphatic rings. The third-order valence-electron chi connectivity index (χ3n) is 3.03. The first kappa shape index (κ1) is 21.0. The molecule has 0 spiro atoms. The summed E-state index contributed by atoms with van der Waals surface area (Å²) in [5.41, 5.74) is 0. The molecule has 0 aliphatic carbocycles. The van der Waals surface area contributed by atoms with Gasteiger partial charge in [0.25, 0.3) is 5.97 Å². The van der Waals surface area contributed by atoms with E-state index in [1.165, 1.54) is 0 Å². The summed E-state index contributed by atoms with van der Waals surface area (Å²) in [7, 11) is 9.53. The van der Waals surface area contributed by atoms with Crippen molar-refractivity contribution < 1.29 is 32.9 Å². The number of aliphatic carboxylic acids is 2. The van der Waals surface area contributed by atoms with E-state index in [0.29, 0.717) is 13.0 Å². The van der Waals surface area contributed by atoms with E-state index in [4.69, 9.17) is 25.3 Å². The number of halogens is 2. The summed E-state index contributed by atoms with van der Waals surface area (Å²) >= 11 is 0.194. The van der Waals surface area contributed by atoms with Crippen LogP contribution in [0.5, 0.6) is 0 Å². The molecule has 2 fully saturated rings. The van der Waals surface area contributed by atoms with Crippen molar-refractivity contribution in [3.8, 4) is 0 Å². The number of carboxylic acids is 2. The van der Waals surface area contributed by atoms with Crippen molar-refractivity contribution in [2.45, 2.75) is 50.6 Å². The number of carbonyl (C=O) groups is 2. The number of carbonyl (C=O) groups excluding carboxylic acids is 1. The Morgan fingerprint density at radius 2 is 1.43 bits per heavy atom. The standard InChI is InChI=1S/2C6H10NO2.2ClH.Fe/c2*8-6(9)5-3-1-2-4-7-5;;;/h2*5H,1-4H2,(H,8,9);2*1H;/q2*-1;;;+2/p-3. The molecular weight excluding hydrogens is 363 g/mol. The molecule has 0 aromatic carbocycles. The molecule has 126 valence electrons. The Balaban J connectivity index is 0.000000322. The van der Waals surface area contributed by atoms with Gasteiger partial charge in [-0.15, -0.1) is 13.1 Å². The Morgan fingerprint density at radius 3 is 1.62 bits per heavy atom. The van der Waals surface area contributed by atoms with Crippen molar-refractivity contribution in [1.82, 2.24) is 0 Å². The number of hydrogen-bond donors (Lipinski definition) is 1. The Labute approximate surface area is 139 Å². The molecule has 6 nitrogen and oxygen atoms in total. The molecule has 0 bridgehead atoms. The zero-order chi connectivity index (χ0) is 16.1. The number of carboxylic acid groups (broad SMARTS) is 2. The van der Waals surface area contributed by atoms with Crippen molar-refractivity contribution in [2.24, 2.45) is 0 Å². The second-order valence-electron chi connectivity index (χ2n) is 4.54. The minimum absolute atomic E-state index is 0.194. The van der Waals surface area contributed by atoms with Crippen LogP contribution in [0.2, 0.25) is 0 Å². The summed E-state index contributed by atoms with van der Waals surface area (Å²) in [6.45, 7) is 1.43. The van der Waals surface area contributed by atoms with Crippen molar-refractivity contribution in [3.63, 3.8) is 0 Å². The van der Waals surface area contributed by atoms with Gasteiger partial charge in [-0.05, 0) is 6.04 Å². The van der Waals surface area contributed by atoms with Crippen molar-refractivity contribution in [3.05, 3.63) is 10.6 Å². The van der Waals surface area contributed by atoms with Crippen molar-refractivity contribution in [1.29, 1.82) is 0 Å². The van der Waals surface area contributed by atoms with Gasteiger partial charge >= 0.3 is 33.3 Å². The van der Waals surface area contributed by atoms with Crippen LogP contribution >= 0.6 is 20.2 Å². The monoisotopic (exact) mass is 381 g/mol. The molecule has 2 unspecified atom stereocenters. The average Bonchev–Trinajstić information content (AvgIpc) is 2.50. The maximum atomic E-state index is 10.3. The molecule has 0 radical (unpaired) electrons. The van der Waals surface area contributed by atoms with Gasteiger partial charge in [0.05, 0.1) is 0 Å². The molecule has 2 atom stereocenters. The maximum absolute atomic E-state index is 10.3. The first-order chi connectivity index (χ1) is 10.0. The normalized spacial score (nSPS) is 24.9. The quantitative estimate of drug-likeness (QED) is 0.738. The molecule has 2 aliphatic heterocycles. The Kier molecular flexibility index (Phi) is 13.6. The fraction of sp³-hybridized carbons (Fsp3) is 0.833. The minimum atomic E-state index is -1.02. The zero-order valence-electron chi connectivity index (χ0n) is 11.5. The van der Waals surface area contributed by atoms with Gasteiger partial charge in [0.15, 0.2) is 0 Å². The molecule has 0 aromatic rings. The van der Waals surface area contributed by atoms with E-state index < -0.39 is 24.0 Å². The predicted octanol–water partition coefficient (Wildman–Crippen LogP) is 2.04. The van der Waals surface area contributed by atoms with E-state index in [1.54, 1.807) is 0 Å². The van der Waals surface area contributed by atoms with E-state index in [9.17, 15) is 14.7 Å². The summed E-state index contributed by atoms with van der Waals surface area (Å²) in [6.07, 6.45) is 5.48. The van der Waals surface area contributed by atoms with Crippen LogP contribution in [0.15, 0.2) is 0 Å². The summed E-state index contributed by atoms with van der Waals surface area (Å²) in [6, 6.07) is -0.919. The second kappa shape index (κ2) is 13.6. The molecule has 0 amide bonds. The van der Waals surface area contributed by atoms with Gasteiger partial charge in [-0.3, -0.25) is 4.79 Å². The molecule has 0 saturated carbocycles. The fourth-order valence-corrected chi connectivity index (χ4v) is 1.97. The van der Waals surface area contributed by atoms with Crippen LogP contribution in [-0.4, -0.2) is 42.2 Å². The fourth-order valence-electron chi connectivity index (χ4n) is 1.97. The van der Waals surface area contributed by atoms with Crippen LogP contribution in [0, 0.1) is 0 Å². The van der Waals surface area contributed by atoms with Crippen LogP contribution in [0.25, 0.3) is 10.6 Å². The summed E-state index contributed by atoms with van der Waals surface area (Å²) in [5.74, 6) is -1.79.